The summed E-state index contributed by atoms with van der Waals surface area (Å²) in [6.07, 6.45) is 1.57. The molecule has 0 aromatic heterocycles. The lowest BCUT2D eigenvalue weighted by Crippen LogP contribution is -2.26. The molecule has 2 N–H and O–H groups in total. The van der Waals surface area contributed by atoms with Crippen molar-refractivity contribution in [2.45, 2.75) is 6.61 Å². The molecule has 0 bridgehead atoms. The Kier molecular flexibility index (Phi) is 7.86. The summed E-state index contributed by atoms with van der Waals surface area (Å²) in [7, 11) is 1.58. The molecule has 154 valence electrons. The molecule has 0 saturated heterocycles. The van der Waals surface area contributed by atoms with Crippen LogP contribution in [0.1, 0.15) is 11.1 Å². The van der Waals surface area contributed by atoms with E-state index in [9.17, 15) is 4.79 Å². The lowest BCUT2D eigenvalue weighted by molar-refractivity contribution is -0.119. The van der Waals surface area contributed by atoms with Gasteiger partial charge in [0.1, 0.15) is 18.1 Å². The van der Waals surface area contributed by atoms with Crippen LogP contribution in [0.25, 0.3) is 0 Å². The van der Waals surface area contributed by atoms with Crippen LogP contribution in [0.2, 0.25) is 0 Å². The lowest BCUT2D eigenvalue weighted by atomic mass is 10.2. The minimum atomic E-state index is -0.273. The number of halogens is 1. The van der Waals surface area contributed by atoms with E-state index in [-0.39, 0.29) is 12.5 Å². The molecule has 0 heterocycles. The average molecular weight is 468 g/mol. The number of amides is 1. The first-order chi connectivity index (χ1) is 14.7. The van der Waals surface area contributed by atoms with Gasteiger partial charge < -0.3 is 14.8 Å². The second kappa shape index (κ2) is 11.0. The highest BCUT2D eigenvalue weighted by Gasteiger charge is 2.05. The quantitative estimate of drug-likeness (QED) is 0.356. The lowest BCUT2D eigenvalue weighted by Gasteiger charge is -2.10. The van der Waals surface area contributed by atoms with E-state index in [1.165, 1.54) is 0 Å². The first-order valence-corrected chi connectivity index (χ1v) is 10.1. The van der Waals surface area contributed by atoms with Crippen molar-refractivity contribution in [1.29, 1.82) is 0 Å². The third kappa shape index (κ3) is 6.35. The molecule has 0 aliphatic carbocycles. The van der Waals surface area contributed by atoms with E-state index < -0.39 is 0 Å². The van der Waals surface area contributed by atoms with E-state index >= 15 is 0 Å². The van der Waals surface area contributed by atoms with Crippen molar-refractivity contribution in [1.82, 2.24) is 5.43 Å². The number of benzene rings is 3. The predicted octanol–water partition coefficient (Wildman–Crippen LogP) is 4.60. The standard InChI is InChI=1S/C23H22BrN3O3/c1-29-22-9-5-3-7-20(22)25-15-23(28)27-26-14-18-6-2-4-8-21(18)30-16-17-10-12-19(24)13-11-17/h2-14,25H,15-16H2,1H3,(H,27,28)/b26-14-. The van der Waals surface area contributed by atoms with Crippen LogP contribution in [0.4, 0.5) is 5.69 Å². The third-order valence-corrected chi connectivity index (χ3v) is 4.69. The zero-order valence-electron chi connectivity index (χ0n) is 16.5. The van der Waals surface area contributed by atoms with Crippen LogP contribution in [0, 0.1) is 0 Å². The smallest absolute Gasteiger partial charge is 0.259 e. The minimum Gasteiger partial charge on any atom is -0.495 e. The second-order valence-corrected chi connectivity index (χ2v) is 7.22. The summed E-state index contributed by atoms with van der Waals surface area (Å²) >= 11 is 3.42. The van der Waals surface area contributed by atoms with E-state index in [0.29, 0.717) is 18.1 Å². The molecule has 0 aliphatic rings. The summed E-state index contributed by atoms with van der Waals surface area (Å²) in [5.74, 6) is 1.08. The zero-order valence-corrected chi connectivity index (χ0v) is 18.1. The largest absolute Gasteiger partial charge is 0.495 e. The van der Waals surface area contributed by atoms with Gasteiger partial charge >= 0.3 is 0 Å². The summed E-state index contributed by atoms with van der Waals surface area (Å²) in [4.78, 5) is 12.1. The third-order valence-electron chi connectivity index (χ3n) is 4.17. The summed E-state index contributed by atoms with van der Waals surface area (Å²) in [6.45, 7) is 0.507. The number of nitrogens with zero attached hydrogens (tertiary/aromatic N) is 1. The number of anilines is 1. The van der Waals surface area contributed by atoms with Gasteiger partial charge in [-0.25, -0.2) is 5.43 Å². The number of carbonyl (C=O) groups is 1. The van der Waals surface area contributed by atoms with Gasteiger partial charge in [0.15, 0.2) is 0 Å². The van der Waals surface area contributed by atoms with Crippen LogP contribution in [-0.4, -0.2) is 25.8 Å². The van der Waals surface area contributed by atoms with Crippen molar-refractivity contribution >= 4 is 33.7 Å². The summed E-state index contributed by atoms with van der Waals surface area (Å²) in [6, 6.07) is 22.9. The van der Waals surface area contributed by atoms with E-state index in [1.807, 2.05) is 72.8 Å². The van der Waals surface area contributed by atoms with E-state index in [0.717, 1.165) is 21.3 Å². The summed E-state index contributed by atoms with van der Waals surface area (Å²) < 4.78 is 12.2. The molecule has 0 atom stereocenters. The fourth-order valence-corrected chi connectivity index (χ4v) is 2.90. The molecule has 0 saturated carbocycles. The van der Waals surface area contributed by atoms with E-state index in [1.54, 1.807) is 13.3 Å². The number of methoxy groups -OCH3 is 1. The number of hydrogen-bond donors (Lipinski definition) is 2. The highest BCUT2D eigenvalue weighted by atomic mass is 79.9. The summed E-state index contributed by atoms with van der Waals surface area (Å²) in [5.41, 5.74) is 5.08. The molecule has 0 radical (unpaired) electrons. The molecule has 3 aromatic rings. The van der Waals surface area contributed by atoms with Crippen molar-refractivity contribution in [3.8, 4) is 11.5 Å². The van der Waals surface area contributed by atoms with Gasteiger partial charge in [-0.1, -0.05) is 52.3 Å². The number of nitrogens with one attached hydrogen (secondary N) is 2. The molecular formula is C23H22BrN3O3. The first kappa shape index (κ1) is 21.4. The molecule has 7 heteroatoms. The van der Waals surface area contributed by atoms with Gasteiger partial charge in [0.05, 0.1) is 25.6 Å². The molecular weight excluding hydrogens is 446 g/mol. The maximum Gasteiger partial charge on any atom is 0.259 e. The fourth-order valence-electron chi connectivity index (χ4n) is 2.64. The van der Waals surface area contributed by atoms with Crippen LogP contribution in [0.5, 0.6) is 11.5 Å². The predicted molar refractivity (Wildman–Crippen MR) is 122 cm³/mol. The number of hydrogen-bond acceptors (Lipinski definition) is 5. The van der Waals surface area contributed by atoms with Gasteiger partial charge in [0.2, 0.25) is 0 Å². The van der Waals surface area contributed by atoms with Gasteiger partial charge in [-0.15, -0.1) is 0 Å². The molecule has 30 heavy (non-hydrogen) atoms. The van der Waals surface area contributed by atoms with Crippen molar-refractivity contribution in [2.24, 2.45) is 5.10 Å². The van der Waals surface area contributed by atoms with E-state index in [4.69, 9.17) is 9.47 Å². The van der Waals surface area contributed by atoms with Crippen LogP contribution in [-0.2, 0) is 11.4 Å². The Labute approximate surface area is 184 Å². The fraction of sp³-hybridized carbons (Fsp3) is 0.130. The molecule has 0 aliphatic heterocycles. The molecule has 3 aromatic carbocycles. The van der Waals surface area contributed by atoms with Gasteiger partial charge in [0.25, 0.3) is 5.91 Å². The van der Waals surface area contributed by atoms with Crippen molar-refractivity contribution < 1.29 is 14.3 Å². The maximum absolute atomic E-state index is 12.1. The van der Waals surface area contributed by atoms with E-state index in [2.05, 4.69) is 31.8 Å². The highest BCUT2D eigenvalue weighted by molar-refractivity contribution is 9.10. The van der Waals surface area contributed by atoms with Gasteiger partial charge in [-0.05, 0) is 42.0 Å². The number of para-hydroxylation sites is 3. The van der Waals surface area contributed by atoms with Crippen molar-refractivity contribution in [3.05, 3.63) is 88.4 Å². The molecule has 0 spiro atoms. The van der Waals surface area contributed by atoms with Gasteiger partial charge in [-0.3, -0.25) is 4.79 Å². The normalized spacial score (nSPS) is 10.6. The minimum absolute atomic E-state index is 0.0689. The number of ether oxygens (including phenoxy) is 2. The SMILES string of the molecule is COc1ccccc1NCC(=O)N/N=C\c1ccccc1OCc1ccc(Br)cc1. The Morgan fingerprint density at radius 2 is 1.70 bits per heavy atom. The molecule has 1 amide bonds. The Balaban J connectivity index is 1.53. The Hall–Kier alpha value is -3.32. The second-order valence-electron chi connectivity index (χ2n) is 6.30. The van der Waals surface area contributed by atoms with Gasteiger partial charge in [-0.2, -0.15) is 5.10 Å². The van der Waals surface area contributed by atoms with Crippen LogP contribution >= 0.6 is 15.9 Å². The molecule has 0 unspecified atom stereocenters. The number of carbonyl (C=O) groups excluding carboxylic acids is 1. The van der Waals surface area contributed by atoms with Crippen molar-refractivity contribution in [2.75, 3.05) is 19.0 Å². The van der Waals surface area contributed by atoms with Gasteiger partial charge in [0, 0.05) is 10.0 Å². The average Bonchev–Trinajstić information content (AvgIpc) is 2.78. The molecule has 6 nitrogen and oxygen atoms in total. The number of hydrazone groups is 1. The molecule has 0 fully saturated rings. The topological polar surface area (TPSA) is 72.0 Å². The Morgan fingerprint density at radius 3 is 2.47 bits per heavy atom. The number of rotatable bonds is 9. The van der Waals surface area contributed by atoms with Crippen molar-refractivity contribution in [3.63, 3.8) is 0 Å². The maximum atomic E-state index is 12.1. The zero-order chi connectivity index (χ0) is 21.2. The monoisotopic (exact) mass is 467 g/mol. The van der Waals surface area contributed by atoms with Crippen LogP contribution in [0.3, 0.4) is 0 Å². The highest BCUT2D eigenvalue weighted by Crippen LogP contribution is 2.22. The molecule has 3 rings (SSSR count). The van der Waals surface area contributed by atoms with Crippen LogP contribution < -0.4 is 20.2 Å². The van der Waals surface area contributed by atoms with Crippen LogP contribution in [0.15, 0.2) is 82.4 Å². The Bertz CT molecular complexity index is 1010. The summed E-state index contributed by atoms with van der Waals surface area (Å²) in [5, 5.41) is 7.07. The first-order valence-electron chi connectivity index (χ1n) is 9.31. The Morgan fingerprint density at radius 1 is 1.00 bits per heavy atom.